The number of hydrogen-bond acceptors (Lipinski definition) is 9. The third-order valence-corrected chi connectivity index (χ3v) is 12.3. The van der Waals surface area contributed by atoms with E-state index in [4.69, 9.17) is 24.2 Å². The molecule has 6 atom stereocenters. The molecule has 2 aliphatic carbocycles. The Bertz CT molecular complexity index is 2230. The molecule has 0 unspecified atom stereocenters. The number of allylic oxidation sites excluding steroid dienone is 1. The molecule has 0 aromatic heterocycles. The zero-order chi connectivity index (χ0) is 42.1. The Morgan fingerprint density at radius 1 is 0.967 bits per heavy atom. The van der Waals surface area contributed by atoms with E-state index in [1.165, 1.54) is 0 Å². The van der Waals surface area contributed by atoms with Crippen LogP contribution < -0.4 is 9.47 Å². The predicted octanol–water partition coefficient (Wildman–Crippen LogP) is 9.71. The Labute approximate surface area is 353 Å². The zero-order valence-electron chi connectivity index (χ0n) is 34.8. The van der Waals surface area contributed by atoms with Gasteiger partial charge in [0.25, 0.3) is 5.91 Å². The largest absolute Gasteiger partial charge is 0.459 e. The van der Waals surface area contributed by atoms with Crippen molar-refractivity contribution in [2.45, 2.75) is 83.0 Å². The van der Waals surface area contributed by atoms with E-state index in [9.17, 15) is 20.3 Å². The summed E-state index contributed by atoms with van der Waals surface area (Å²) >= 11 is 0. The van der Waals surface area contributed by atoms with E-state index in [0.29, 0.717) is 61.5 Å². The number of amides is 1. The average Bonchev–Trinajstić information content (AvgIpc) is 3.28. The minimum Gasteiger partial charge on any atom is -0.459 e. The van der Waals surface area contributed by atoms with Crippen molar-refractivity contribution in [3.05, 3.63) is 126 Å². The smallest absolute Gasteiger partial charge is 0.254 e. The first-order valence-electron chi connectivity index (χ1n) is 21.6. The Kier molecular flexibility index (Phi) is 14.0. The molecule has 1 amide bonds. The molecule has 0 spiro atoms. The van der Waals surface area contributed by atoms with Crippen LogP contribution in [0.5, 0.6) is 17.2 Å². The van der Waals surface area contributed by atoms with Crippen molar-refractivity contribution in [2.24, 2.45) is 22.9 Å². The molecule has 2 N–H and O–H groups in total. The van der Waals surface area contributed by atoms with Crippen molar-refractivity contribution in [2.75, 3.05) is 33.0 Å². The molecule has 1 heterocycles. The van der Waals surface area contributed by atoms with E-state index in [1.54, 1.807) is 30.3 Å². The van der Waals surface area contributed by atoms with Gasteiger partial charge in [0, 0.05) is 43.2 Å². The number of oxime groups is 1. The SMILES string of the molecule is C=CCO[C@@]12Oc3ccc(Oc4ccc5ccccc5c4)cc3[C@H]3[C@H](CCCCO)[C@@H](CCCCO)C=C(C(=NOCC)C[C@@H]1N(CCC)C(=O)c1ccc(C#N)cc1)[C@H]32. The molecule has 4 aromatic rings. The van der Waals surface area contributed by atoms with Crippen molar-refractivity contribution in [1.29, 1.82) is 5.26 Å². The highest BCUT2D eigenvalue weighted by Crippen LogP contribution is 2.62. The van der Waals surface area contributed by atoms with E-state index in [-0.39, 0.29) is 43.5 Å². The molecule has 7 rings (SSSR count). The number of carbonyl (C=O) groups excluding carboxylic acids is 1. The van der Waals surface area contributed by atoms with E-state index < -0.39 is 17.7 Å². The number of nitriles is 1. The Hall–Kier alpha value is -5.47. The molecule has 0 radical (unpaired) electrons. The van der Waals surface area contributed by atoms with Crippen LogP contribution in [-0.2, 0) is 9.57 Å². The Morgan fingerprint density at radius 2 is 1.70 bits per heavy atom. The predicted molar refractivity (Wildman–Crippen MR) is 233 cm³/mol. The van der Waals surface area contributed by atoms with Gasteiger partial charge < -0.3 is 34.2 Å². The first-order valence-corrected chi connectivity index (χ1v) is 21.6. The van der Waals surface area contributed by atoms with Gasteiger partial charge in [0.1, 0.15) is 29.9 Å². The number of rotatable bonds is 19. The maximum absolute atomic E-state index is 14.8. The number of aliphatic hydroxyl groups is 2. The fourth-order valence-electron chi connectivity index (χ4n) is 9.71. The number of unbranched alkanes of at least 4 members (excludes halogenated alkanes) is 2. The number of ether oxygens (including phenoxy) is 3. The normalized spacial score (nSPS) is 23.4. The maximum atomic E-state index is 14.8. The van der Waals surface area contributed by atoms with Crippen LogP contribution in [0.3, 0.4) is 0 Å². The van der Waals surface area contributed by atoms with Gasteiger partial charge in [-0.2, -0.15) is 5.26 Å². The van der Waals surface area contributed by atoms with Crippen LogP contribution in [-0.4, -0.2) is 71.5 Å². The summed E-state index contributed by atoms with van der Waals surface area (Å²) in [5, 5.41) is 36.4. The average molecular weight is 812 g/mol. The summed E-state index contributed by atoms with van der Waals surface area (Å²) in [7, 11) is 0. The van der Waals surface area contributed by atoms with E-state index >= 15 is 0 Å². The van der Waals surface area contributed by atoms with E-state index in [1.807, 2.05) is 55.1 Å². The quantitative estimate of drug-likeness (QED) is 0.0544. The van der Waals surface area contributed by atoms with Gasteiger partial charge in [0.15, 0.2) is 0 Å². The number of aliphatic hydroxyl groups excluding tert-OH is 2. The number of benzene rings is 4. The molecule has 4 aromatic carbocycles. The second-order valence-corrected chi connectivity index (χ2v) is 16.0. The molecule has 1 fully saturated rings. The zero-order valence-corrected chi connectivity index (χ0v) is 34.8. The van der Waals surface area contributed by atoms with Crippen LogP contribution >= 0.6 is 0 Å². The third kappa shape index (κ3) is 8.71. The summed E-state index contributed by atoms with van der Waals surface area (Å²) in [6.45, 7) is 9.17. The maximum Gasteiger partial charge on any atom is 0.254 e. The summed E-state index contributed by atoms with van der Waals surface area (Å²) in [6, 6.07) is 28.6. The lowest BCUT2D eigenvalue weighted by Crippen LogP contribution is -2.70. The summed E-state index contributed by atoms with van der Waals surface area (Å²) in [5.41, 5.74) is 3.65. The first kappa shape index (κ1) is 42.6. The molecule has 0 bridgehead atoms. The van der Waals surface area contributed by atoms with Gasteiger partial charge in [-0.1, -0.05) is 67.4 Å². The van der Waals surface area contributed by atoms with Crippen molar-refractivity contribution in [3.63, 3.8) is 0 Å². The number of carbonyl (C=O) groups is 1. The fourth-order valence-corrected chi connectivity index (χ4v) is 9.71. The Balaban J connectivity index is 1.43. The second kappa shape index (κ2) is 19.7. The van der Waals surface area contributed by atoms with Crippen LogP contribution in [0.4, 0.5) is 0 Å². The molecule has 0 saturated heterocycles. The molecule has 1 aliphatic heterocycles. The van der Waals surface area contributed by atoms with Gasteiger partial charge in [-0.3, -0.25) is 4.79 Å². The highest BCUT2D eigenvalue weighted by Gasteiger charge is 2.65. The van der Waals surface area contributed by atoms with Gasteiger partial charge in [0.2, 0.25) is 5.79 Å². The third-order valence-electron chi connectivity index (χ3n) is 12.3. The standard InChI is InChI=1S/C50H57N3O7/c1-4-25-53(49(56)36-19-17-34(33-51)18-20-36)46-32-44(52-58-6-3)42-30-38(15-9-11-26-54)41(16-10-12-27-55)47-43-31-40(59-39-22-21-35-13-7-8-14-37(35)29-39)23-24-45(43)60-50(46,48(42)47)57-28-5-2/h5,7-8,13-14,17-24,29-31,38,41,46-48,54-55H,2,4,6,9-12,15-16,25-28,32H2,1,3H3/t38-,41+,46-,47+,48+,50+/m0/s1. The molecule has 10 heteroatoms. The lowest BCUT2D eigenvalue weighted by Gasteiger charge is -2.60. The first-order chi connectivity index (χ1) is 29.4. The van der Waals surface area contributed by atoms with E-state index in [2.05, 4.69) is 43.0 Å². The molecule has 60 heavy (non-hydrogen) atoms. The highest BCUT2D eigenvalue weighted by molar-refractivity contribution is 6.03. The summed E-state index contributed by atoms with van der Waals surface area (Å²) in [6.07, 6.45) is 9.75. The molecule has 3 aliphatic rings. The molecular formula is C50H57N3O7. The van der Waals surface area contributed by atoms with Gasteiger partial charge in [-0.25, -0.2) is 0 Å². The minimum atomic E-state index is -1.37. The summed E-state index contributed by atoms with van der Waals surface area (Å²) < 4.78 is 21.1. The van der Waals surface area contributed by atoms with Crippen LogP contribution in [0.1, 0.15) is 92.6 Å². The fraction of sp³-hybridized carbons (Fsp3) is 0.420. The molecule has 10 nitrogen and oxygen atoms in total. The lowest BCUT2D eigenvalue weighted by atomic mass is 9.55. The van der Waals surface area contributed by atoms with Crippen molar-refractivity contribution in [1.82, 2.24) is 4.90 Å². The van der Waals surface area contributed by atoms with Gasteiger partial charge >= 0.3 is 0 Å². The molecule has 314 valence electrons. The van der Waals surface area contributed by atoms with Crippen LogP contribution in [0.2, 0.25) is 0 Å². The monoisotopic (exact) mass is 811 g/mol. The van der Waals surface area contributed by atoms with Gasteiger partial charge in [-0.15, -0.1) is 6.58 Å². The van der Waals surface area contributed by atoms with Gasteiger partial charge in [0.05, 0.1) is 29.9 Å². The number of fused-ring (bicyclic) bond motifs is 3. The summed E-state index contributed by atoms with van der Waals surface area (Å²) in [4.78, 5) is 22.6. The minimum absolute atomic E-state index is 0.0789. The van der Waals surface area contributed by atoms with Crippen LogP contribution in [0.15, 0.2) is 114 Å². The van der Waals surface area contributed by atoms with E-state index in [0.717, 1.165) is 59.1 Å². The molecular weight excluding hydrogens is 755 g/mol. The van der Waals surface area contributed by atoms with Crippen molar-refractivity contribution in [3.8, 4) is 23.3 Å². The molecule has 1 saturated carbocycles. The van der Waals surface area contributed by atoms with Crippen LogP contribution in [0, 0.1) is 29.1 Å². The van der Waals surface area contributed by atoms with Crippen molar-refractivity contribution < 1.29 is 34.1 Å². The lowest BCUT2D eigenvalue weighted by molar-refractivity contribution is -0.254. The highest BCUT2D eigenvalue weighted by atomic mass is 16.7. The number of nitrogens with zero attached hydrogens (tertiary/aromatic N) is 3. The van der Waals surface area contributed by atoms with Crippen LogP contribution in [0.25, 0.3) is 10.8 Å². The summed E-state index contributed by atoms with van der Waals surface area (Å²) in [5.74, 6) is 0.0646. The Morgan fingerprint density at radius 3 is 2.42 bits per heavy atom. The van der Waals surface area contributed by atoms with Crippen molar-refractivity contribution >= 4 is 22.4 Å². The topological polar surface area (TPSA) is 134 Å². The number of hydrogen-bond donors (Lipinski definition) is 2. The van der Waals surface area contributed by atoms with Gasteiger partial charge in [-0.05, 0) is 122 Å². The second-order valence-electron chi connectivity index (χ2n) is 16.0.